The maximum absolute atomic E-state index is 13.4. The second-order valence-corrected chi connectivity index (χ2v) is 10.6. The van der Waals surface area contributed by atoms with Gasteiger partial charge in [0.05, 0.1) is 27.2 Å². The van der Waals surface area contributed by atoms with Gasteiger partial charge in [0.15, 0.2) is 11.9 Å². The van der Waals surface area contributed by atoms with Crippen LogP contribution in [0.5, 0.6) is 5.75 Å². The van der Waals surface area contributed by atoms with Crippen molar-refractivity contribution < 1.29 is 31.9 Å². The lowest BCUT2D eigenvalue weighted by Crippen LogP contribution is -2.69. The third-order valence-electron chi connectivity index (χ3n) is 8.19. The Morgan fingerprint density at radius 1 is 1.18 bits per heavy atom. The number of methoxy groups -OCH3 is 1. The zero-order chi connectivity index (χ0) is 27.4. The molecule has 1 saturated heterocycles. The van der Waals surface area contributed by atoms with Crippen LogP contribution in [0.25, 0.3) is 6.08 Å². The zero-order valence-corrected chi connectivity index (χ0v) is 22.0. The second kappa shape index (κ2) is 11.2. The number of carbonyl (C=O) groups excluding carboxylic acids is 1. The molecule has 2 aromatic carbocycles. The van der Waals surface area contributed by atoms with Gasteiger partial charge in [-0.05, 0) is 48.3 Å². The van der Waals surface area contributed by atoms with E-state index in [1.165, 1.54) is 0 Å². The van der Waals surface area contributed by atoms with Crippen molar-refractivity contribution in [3.8, 4) is 5.75 Å². The third-order valence-corrected chi connectivity index (χ3v) is 8.19. The van der Waals surface area contributed by atoms with Crippen LogP contribution in [0.15, 0.2) is 73.0 Å². The summed E-state index contributed by atoms with van der Waals surface area (Å²) in [5.74, 6) is -0.552. The minimum Gasteiger partial charge on any atom is -0.497 e. The molecule has 0 radical (unpaired) electrons. The second-order valence-electron chi connectivity index (χ2n) is 10.6. The van der Waals surface area contributed by atoms with Crippen LogP contribution in [-0.2, 0) is 14.9 Å². The topological polar surface area (TPSA) is 47.6 Å². The fourth-order valence-electron chi connectivity index (χ4n) is 6.37. The number of ether oxygens (including phenoxy) is 2. The molecule has 1 N–H and O–H groups in total. The van der Waals surface area contributed by atoms with E-state index in [0.29, 0.717) is 28.9 Å². The fourth-order valence-corrected chi connectivity index (χ4v) is 6.37. The van der Waals surface area contributed by atoms with Gasteiger partial charge in [-0.2, -0.15) is 0 Å². The molecule has 4 atom stereocenters. The lowest BCUT2D eigenvalue weighted by Gasteiger charge is -2.57. The Labute approximate surface area is 222 Å². The molecule has 2 fully saturated rings. The molecule has 8 heteroatoms. The highest BCUT2D eigenvalue weighted by atomic mass is 19.4. The van der Waals surface area contributed by atoms with E-state index >= 15 is 0 Å². The maximum Gasteiger partial charge on any atom is 0.573 e. The van der Waals surface area contributed by atoms with E-state index in [4.69, 9.17) is 4.74 Å². The quantitative estimate of drug-likeness (QED) is 0.192. The van der Waals surface area contributed by atoms with Crippen LogP contribution in [0.3, 0.4) is 0 Å². The number of rotatable bonds is 8. The number of likely N-dealkylation sites (N-methyl/N-ethyl adjacent to an activating group) is 1. The number of carbonyl (C=O) groups is 1. The largest absolute Gasteiger partial charge is 0.573 e. The first-order valence-electron chi connectivity index (χ1n) is 13.0. The Morgan fingerprint density at radius 2 is 1.95 bits per heavy atom. The van der Waals surface area contributed by atoms with Crippen LogP contribution in [-0.4, -0.2) is 50.2 Å². The SMILES string of the molecule is C=CC[N@+]1(C)CC2CCCCC2(c2cccc(OC)c2)C[C@H]1NC(=O)C(=Cc1ccccc1)OC(F)(F)F. The van der Waals surface area contributed by atoms with Crippen LogP contribution in [0.4, 0.5) is 13.2 Å². The van der Waals surface area contributed by atoms with Crippen molar-refractivity contribution >= 4 is 12.0 Å². The zero-order valence-electron chi connectivity index (χ0n) is 22.0. The van der Waals surface area contributed by atoms with Gasteiger partial charge in [0, 0.05) is 17.8 Å². The van der Waals surface area contributed by atoms with Crippen molar-refractivity contribution in [2.45, 2.75) is 50.0 Å². The first-order chi connectivity index (χ1) is 18.1. The predicted octanol–water partition coefficient (Wildman–Crippen LogP) is 6.18. The summed E-state index contributed by atoms with van der Waals surface area (Å²) in [5.41, 5.74) is 1.36. The standard InChI is InChI=1S/C30H35F3N2O3/c1-4-17-35(2)21-24-13-8-9-16-29(24,23-14-10-15-25(19-23)37-3)20-27(35)34-28(36)26(38-30(31,32)33)18-22-11-6-5-7-12-22/h4-7,10-12,14-15,18-19,24,27H,1,8-9,13,16-17,20-21H2,2-3H3/p+1/t24?,27-,29?,35+/m0/s1. The molecule has 2 aliphatic rings. The Balaban J connectivity index is 1.71. The van der Waals surface area contributed by atoms with E-state index in [2.05, 4.69) is 28.8 Å². The van der Waals surface area contributed by atoms with E-state index in [1.54, 1.807) is 37.4 Å². The van der Waals surface area contributed by atoms with Crippen LogP contribution in [0.2, 0.25) is 0 Å². The van der Waals surface area contributed by atoms with Crippen molar-refractivity contribution in [2.75, 3.05) is 27.2 Å². The lowest BCUT2D eigenvalue weighted by atomic mass is 9.58. The summed E-state index contributed by atoms with van der Waals surface area (Å²) in [7, 11) is 3.68. The number of alkyl halides is 3. The van der Waals surface area contributed by atoms with Gasteiger partial charge in [-0.1, -0.05) is 61.9 Å². The first-order valence-corrected chi connectivity index (χ1v) is 13.0. The van der Waals surface area contributed by atoms with E-state index < -0.39 is 24.2 Å². The summed E-state index contributed by atoms with van der Waals surface area (Å²) in [6, 6.07) is 16.4. The molecular formula is C30H36F3N2O3+. The number of nitrogens with one attached hydrogen (secondary N) is 1. The first kappa shape index (κ1) is 27.8. The van der Waals surface area contributed by atoms with Gasteiger partial charge < -0.3 is 14.0 Å². The highest BCUT2D eigenvalue weighted by Crippen LogP contribution is 2.52. The molecule has 38 heavy (non-hydrogen) atoms. The molecule has 4 rings (SSSR count). The molecule has 0 bridgehead atoms. The van der Waals surface area contributed by atoms with Gasteiger partial charge in [0.2, 0.25) is 0 Å². The number of benzene rings is 2. The van der Waals surface area contributed by atoms with Crippen molar-refractivity contribution in [2.24, 2.45) is 5.92 Å². The van der Waals surface area contributed by atoms with E-state index in [0.717, 1.165) is 49.6 Å². The monoisotopic (exact) mass is 529 g/mol. The molecule has 1 aliphatic heterocycles. The maximum atomic E-state index is 13.4. The highest BCUT2D eigenvalue weighted by Gasteiger charge is 2.55. The predicted molar refractivity (Wildman–Crippen MR) is 141 cm³/mol. The summed E-state index contributed by atoms with van der Waals surface area (Å²) in [6.07, 6.45) is 2.26. The smallest absolute Gasteiger partial charge is 0.497 e. The van der Waals surface area contributed by atoms with Crippen molar-refractivity contribution in [1.82, 2.24) is 5.32 Å². The summed E-state index contributed by atoms with van der Waals surface area (Å²) < 4.78 is 50.2. The number of hydrogen-bond donors (Lipinski definition) is 1. The number of halogens is 3. The molecule has 1 heterocycles. The number of likely N-dealkylation sites (tertiary alicyclic amines) is 1. The molecular weight excluding hydrogens is 493 g/mol. The molecule has 204 valence electrons. The van der Waals surface area contributed by atoms with Crippen LogP contribution < -0.4 is 10.1 Å². The Morgan fingerprint density at radius 3 is 2.63 bits per heavy atom. The van der Waals surface area contributed by atoms with Gasteiger partial charge in [0.1, 0.15) is 5.75 Å². The van der Waals surface area contributed by atoms with Crippen molar-refractivity contribution in [1.29, 1.82) is 0 Å². The van der Waals surface area contributed by atoms with Gasteiger partial charge in [-0.3, -0.25) is 10.1 Å². The number of quaternary nitrogens is 1. The normalized spacial score (nSPS) is 27.7. The lowest BCUT2D eigenvalue weighted by molar-refractivity contribution is -0.940. The fraction of sp³-hybridized carbons (Fsp3) is 0.433. The molecule has 1 saturated carbocycles. The highest BCUT2D eigenvalue weighted by molar-refractivity contribution is 5.96. The van der Waals surface area contributed by atoms with Crippen LogP contribution in [0, 0.1) is 5.92 Å². The van der Waals surface area contributed by atoms with E-state index in [1.807, 2.05) is 25.3 Å². The third kappa shape index (κ3) is 6.07. The molecule has 2 aromatic rings. The molecule has 2 unspecified atom stereocenters. The molecule has 0 aromatic heterocycles. The molecule has 1 amide bonds. The summed E-state index contributed by atoms with van der Waals surface area (Å²) in [6.45, 7) is 5.27. The summed E-state index contributed by atoms with van der Waals surface area (Å²) >= 11 is 0. The van der Waals surface area contributed by atoms with Crippen molar-refractivity contribution in [3.63, 3.8) is 0 Å². The van der Waals surface area contributed by atoms with Crippen molar-refractivity contribution in [3.05, 3.63) is 84.1 Å². The number of nitrogens with zero attached hydrogens (tertiary/aromatic N) is 1. The minimum absolute atomic E-state index is 0.224. The van der Waals surface area contributed by atoms with Gasteiger partial charge >= 0.3 is 6.36 Å². The summed E-state index contributed by atoms with van der Waals surface area (Å²) in [4.78, 5) is 13.4. The molecule has 1 aliphatic carbocycles. The number of piperidine rings is 1. The van der Waals surface area contributed by atoms with E-state index in [9.17, 15) is 18.0 Å². The average Bonchev–Trinajstić information content (AvgIpc) is 2.88. The van der Waals surface area contributed by atoms with Gasteiger partial charge in [-0.15, -0.1) is 13.2 Å². The Bertz CT molecular complexity index is 1170. The minimum atomic E-state index is -5.00. The summed E-state index contributed by atoms with van der Waals surface area (Å²) in [5, 5.41) is 2.95. The van der Waals surface area contributed by atoms with Crippen LogP contribution >= 0.6 is 0 Å². The number of fused-ring (bicyclic) bond motifs is 1. The Kier molecular flexibility index (Phi) is 8.21. The van der Waals surface area contributed by atoms with E-state index in [-0.39, 0.29) is 5.41 Å². The average molecular weight is 530 g/mol. The number of amides is 1. The Hall–Kier alpha value is -3.26. The van der Waals surface area contributed by atoms with Gasteiger partial charge in [0.25, 0.3) is 5.91 Å². The molecule has 5 nitrogen and oxygen atoms in total. The molecule has 0 spiro atoms. The van der Waals surface area contributed by atoms with Crippen LogP contribution in [0.1, 0.15) is 43.2 Å². The number of hydrogen-bond acceptors (Lipinski definition) is 3. The van der Waals surface area contributed by atoms with Gasteiger partial charge in [-0.25, -0.2) is 0 Å².